The fourth-order valence-corrected chi connectivity index (χ4v) is 4.26. The van der Waals surface area contributed by atoms with Crippen LogP contribution < -0.4 is 5.56 Å². The number of fused-ring (bicyclic) bond motifs is 1. The van der Waals surface area contributed by atoms with E-state index in [1.807, 2.05) is 54.2 Å². The summed E-state index contributed by atoms with van der Waals surface area (Å²) in [6.07, 6.45) is 3.60. The maximum absolute atomic E-state index is 13.1. The van der Waals surface area contributed by atoms with E-state index < -0.39 is 0 Å². The molecule has 0 spiro atoms. The van der Waals surface area contributed by atoms with E-state index in [0.29, 0.717) is 31.7 Å². The van der Waals surface area contributed by atoms with Gasteiger partial charge in [-0.25, -0.2) is 4.68 Å². The highest BCUT2D eigenvalue weighted by molar-refractivity contribution is 5.83. The third-order valence-electron chi connectivity index (χ3n) is 6.30. The van der Waals surface area contributed by atoms with Gasteiger partial charge in [-0.05, 0) is 64.0 Å². The molecule has 1 N–H and O–H groups in total. The molecule has 176 valence electrons. The van der Waals surface area contributed by atoms with Crippen LogP contribution in [-0.2, 0) is 26.2 Å². The molecule has 0 radical (unpaired) electrons. The summed E-state index contributed by atoms with van der Waals surface area (Å²) in [5.41, 5.74) is 5.94. The first-order valence-corrected chi connectivity index (χ1v) is 11.6. The summed E-state index contributed by atoms with van der Waals surface area (Å²) in [6.45, 7) is 6.21. The van der Waals surface area contributed by atoms with Crippen LogP contribution in [0.4, 0.5) is 0 Å². The maximum Gasteiger partial charge on any atom is 0.252 e. The molecule has 35 heavy (non-hydrogen) atoms. The maximum atomic E-state index is 13.1. The zero-order valence-electron chi connectivity index (χ0n) is 19.8. The zero-order chi connectivity index (χ0) is 24.2. The number of tetrazole rings is 1. The summed E-state index contributed by atoms with van der Waals surface area (Å²) in [7, 11) is 0. The Kier molecular flexibility index (Phi) is 6.45. The van der Waals surface area contributed by atoms with E-state index in [2.05, 4.69) is 61.6 Å². The van der Waals surface area contributed by atoms with Crippen LogP contribution in [0, 0.1) is 13.8 Å². The normalized spacial score (nSPS) is 11.4. The van der Waals surface area contributed by atoms with E-state index in [1.165, 1.54) is 0 Å². The monoisotopic (exact) mass is 465 g/mol. The summed E-state index contributed by atoms with van der Waals surface area (Å²) in [6, 6.07) is 20.2. The Balaban J connectivity index is 1.45. The lowest BCUT2D eigenvalue weighted by atomic mass is 10.0. The third kappa shape index (κ3) is 5.17. The number of rotatable bonds is 8. The predicted molar refractivity (Wildman–Crippen MR) is 135 cm³/mol. The molecule has 0 amide bonds. The number of nitrogens with one attached hydrogen (secondary N) is 1. The molecule has 0 fully saturated rings. The minimum Gasteiger partial charge on any atom is -0.321 e. The first-order valence-electron chi connectivity index (χ1n) is 11.6. The number of aryl methyl sites for hydroxylation is 2. The lowest BCUT2D eigenvalue weighted by molar-refractivity contribution is 0.235. The van der Waals surface area contributed by atoms with Crippen molar-refractivity contribution in [1.29, 1.82) is 0 Å². The van der Waals surface area contributed by atoms with E-state index in [1.54, 1.807) is 6.20 Å². The van der Waals surface area contributed by atoms with Crippen LogP contribution in [0.3, 0.4) is 0 Å². The highest BCUT2D eigenvalue weighted by atomic mass is 16.1. The van der Waals surface area contributed by atoms with E-state index in [4.69, 9.17) is 0 Å². The minimum absolute atomic E-state index is 0.0775. The molecule has 0 unspecified atom stereocenters. The predicted octanol–water partition coefficient (Wildman–Crippen LogP) is 3.78. The molecule has 0 aliphatic rings. The van der Waals surface area contributed by atoms with Gasteiger partial charge in [-0.15, -0.1) is 5.10 Å². The molecule has 3 aromatic heterocycles. The molecular weight excluding hydrogens is 438 g/mol. The first kappa shape index (κ1) is 22.6. The standard InChI is InChI=1S/C27H27N7O/c1-19-10-11-23-13-24(27(35)29-26(23)20(19)2)17-33(15-22-9-6-12-28-14-22)18-25-30-31-32-34(25)16-21-7-4-3-5-8-21/h3-14H,15-18H2,1-2H3,(H,29,35). The van der Waals surface area contributed by atoms with Gasteiger partial charge in [-0.2, -0.15) is 0 Å². The summed E-state index contributed by atoms with van der Waals surface area (Å²) >= 11 is 0. The molecule has 5 rings (SSSR count). The number of pyridine rings is 2. The van der Waals surface area contributed by atoms with E-state index >= 15 is 0 Å². The molecule has 0 aliphatic carbocycles. The SMILES string of the molecule is Cc1ccc2cc(CN(Cc3cccnc3)Cc3nnnn3Cc3ccccc3)c(=O)[nH]c2c1C. The van der Waals surface area contributed by atoms with Gasteiger partial charge in [0.1, 0.15) is 0 Å². The molecule has 0 aliphatic heterocycles. The van der Waals surface area contributed by atoms with Crippen molar-refractivity contribution < 1.29 is 0 Å². The summed E-state index contributed by atoms with van der Waals surface area (Å²) in [5, 5.41) is 13.4. The number of aromatic nitrogens is 6. The van der Waals surface area contributed by atoms with Gasteiger partial charge in [0.25, 0.3) is 5.56 Å². The second-order valence-corrected chi connectivity index (χ2v) is 8.84. The largest absolute Gasteiger partial charge is 0.321 e. The Labute approximate surface area is 203 Å². The van der Waals surface area contributed by atoms with Crippen LogP contribution in [0.25, 0.3) is 10.9 Å². The molecule has 0 atom stereocenters. The van der Waals surface area contributed by atoms with Gasteiger partial charge in [0.15, 0.2) is 5.82 Å². The van der Waals surface area contributed by atoms with Gasteiger partial charge in [-0.3, -0.25) is 14.7 Å². The fourth-order valence-electron chi connectivity index (χ4n) is 4.26. The first-order chi connectivity index (χ1) is 17.1. The van der Waals surface area contributed by atoms with Crippen molar-refractivity contribution in [3.8, 4) is 0 Å². The van der Waals surface area contributed by atoms with Gasteiger partial charge in [0, 0.05) is 31.0 Å². The van der Waals surface area contributed by atoms with Gasteiger partial charge in [0.05, 0.1) is 18.6 Å². The second kappa shape index (κ2) is 9.99. The summed E-state index contributed by atoms with van der Waals surface area (Å²) in [4.78, 5) is 22.6. The van der Waals surface area contributed by atoms with Gasteiger partial charge < -0.3 is 4.98 Å². The summed E-state index contributed by atoms with van der Waals surface area (Å²) < 4.78 is 1.81. The smallest absolute Gasteiger partial charge is 0.252 e. The van der Waals surface area contributed by atoms with Crippen LogP contribution in [0.5, 0.6) is 0 Å². The van der Waals surface area contributed by atoms with Gasteiger partial charge in [0.2, 0.25) is 0 Å². The van der Waals surface area contributed by atoms with E-state index in [-0.39, 0.29) is 5.56 Å². The Hall–Kier alpha value is -4.17. The van der Waals surface area contributed by atoms with Crippen LogP contribution >= 0.6 is 0 Å². The molecule has 8 heteroatoms. The molecule has 0 saturated carbocycles. The van der Waals surface area contributed by atoms with Crippen molar-refractivity contribution in [1.82, 2.24) is 35.1 Å². The Morgan fingerprint density at radius 3 is 2.57 bits per heavy atom. The third-order valence-corrected chi connectivity index (χ3v) is 6.30. The van der Waals surface area contributed by atoms with E-state index in [0.717, 1.165) is 39.0 Å². The molecule has 5 aromatic rings. The van der Waals surface area contributed by atoms with Crippen LogP contribution in [0.1, 0.15) is 33.6 Å². The average Bonchev–Trinajstić information content (AvgIpc) is 3.30. The van der Waals surface area contributed by atoms with E-state index in [9.17, 15) is 4.79 Å². The minimum atomic E-state index is -0.0775. The van der Waals surface area contributed by atoms with Gasteiger partial charge >= 0.3 is 0 Å². The lowest BCUT2D eigenvalue weighted by Gasteiger charge is -2.22. The Morgan fingerprint density at radius 1 is 0.943 bits per heavy atom. The number of benzene rings is 2. The number of hydrogen-bond donors (Lipinski definition) is 1. The van der Waals surface area contributed by atoms with Gasteiger partial charge in [-0.1, -0.05) is 48.5 Å². The lowest BCUT2D eigenvalue weighted by Crippen LogP contribution is -2.28. The van der Waals surface area contributed by atoms with Crippen LogP contribution in [-0.4, -0.2) is 35.1 Å². The number of hydrogen-bond acceptors (Lipinski definition) is 6. The van der Waals surface area contributed by atoms with Crippen LogP contribution in [0.2, 0.25) is 0 Å². The topological polar surface area (TPSA) is 92.6 Å². The molecule has 3 heterocycles. The van der Waals surface area contributed by atoms with Crippen molar-refractivity contribution in [3.05, 3.63) is 117 Å². The van der Waals surface area contributed by atoms with Crippen molar-refractivity contribution in [2.24, 2.45) is 0 Å². The Bertz CT molecular complexity index is 1490. The van der Waals surface area contributed by atoms with Crippen molar-refractivity contribution in [2.75, 3.05) is 0 Å². The molecule has 2 aromatic carbocycles. The molecule has 0 saturated heterocycles. The highest BCUT2D eigenvalue weighted by Crippen LogP contribution is 2.20. The number of H-pyrrole nitrogens is 1. The molecule has 0 bridgehead atoms. The average molecular weight is 466 g/mol. The van der Waals surface area contributed by atoms with Crippen molar-refractivity contribution in [2.45, 2.75) is 40.0 Å². The number of aromatic amines is 1. The summed E-state index contributed by atoms with van der Waals surface area (Å²) in [5.74, 6) is 0.737. The molecule has 8 nitrogen and oxygen atoms in total. The number of nitrogens with zero attached hydrogens (tertiary/aromatic N) is 6. The fraction of sp³-hybridized carbons (Fsp3) is 0.222. The van der Waals surface area contributed by atoms with Crippen molar-refractivity contribution in [3.63, 3.8) is 0 Å². The quantitative estimate of drug-likeness (QED) is 0.375. The van der Waals surface area contributed by atoms with Crippen molar-refractivity contribution >= 4 is 10.9 Å². The van der Waals surface area contributed by atoms with Crippen LogP contribution in [0.15, 0.2) is 77.9 Å². The molecular formula is C27H27N7O. The highest BCUT2D eigenvalue weighted by Gasteiger charge is 2.16. The zero-order valence-corrected chi connectivity index (χ0v) is 19.8. The second-order valence-electron chi connectivity index (χ2n) is 8.84. The Morgan fingerprint density at radius 2 is 1.77 bits per heavy atom.